The Morgan fingerprint density at radius 2 is 1.95 bits per heavy atom. The van der Waals surface area contributed by atoms with Crippen LogP contribution in [0, 0.1) is 5.82 Å². The number of sulfonamides is 1. The van der Waals surface area contributed by atoms with E-state index in [0.29, 0.717) is 4.47 Å². The van der Waals surface area contributed by atoms with Gasteiger partial charge in [0.2, 0.25) is 0 Å². The summed E-state index contributed by atoms with van der Waals surface area (Å²) < 4.78 is 40.4. The SMILES string of the molecule is O=S(=O)(Nc1ccc(Cl)cc1F)c1cc(Br)cnc1Cl. The fourth-order valence-corrected chi connectivity index (χ4v) is 3.54. The Kier molecular flexibility index (Phi) is 4.53. The van der Waals surface area contributed by atoms with E-state index in [4.69, 9.17) is 23.2 Å². The molecule has 2 rings (SSSR count). The Morgan fingerprint density at radius 3 is 2.60 bits per heavy atom. The third kappa shape index (κ3) is 3.41. The number of hydrogen-bond acceptors (Lipinski definition) is 3. The normalized spacial score (nSPS) is 11.4. The van der Waals surface area contributed by atoms with E-state index < -0.39 is 15.8 Å². The van der Waals surface area contributed by atoms with Gasteiger partial charge >= 0.3 is 0 Å². The fourth-order valence-electron chi connectivity index (χ4n) is 1.36. The Bertz CT molecular complexity index is 771. The van der Waals surface area contributed by atoms with Crippen molar-refractivity contribution in [1.82, 2.24) is 4.98 Å². The molecule has 0 fully saturated rings. The van der Waals surface area contributed by atoms with Crippen LogP contribution >= 0.6 is 39.1 Å². The molecule has 0 aliphatic carbocycles. The maximum atomic E-state index is 13.6. The highest BCUT2D eigenvalue weighted by Crippen LogP contribution is 2.26. The summed E-state index contributed by atoms with van der Waals surface area (Å²) in [6.07, 6.45) is 1.35. The number of aromatic nitrogens is 1. The molecule has 0 bridgehead atoms. The van der Waals surface area contributed by atoms with Crippen LogP contribution in [0.3, 0.4) is 0 Å². The minimum Gasteiger partial charge on any atom is -0.277 e. The molecular formula is C11H6BrCl2FN2O2S. The van der Waals surface area contributed by atoms with Crippen LogP contribution in [0.1, 0.15) is 0 Å². The van der Waals surface area contributed by atoms with Crippen molar-refractivity contribution in [2.75, 3.05) is 4.72 Å². The molecule has 1 N–H and O–H groups in total. The number of rotatable bonds is 3. The summed E-state index contributed by atoms with van der Waals surface area (Å²) in [5.41, 5.74) is -0.231. The van der Waals surface area contributed by atoms with E-state index >= 15 is 0 Å². The molecular weight excluding hydrogens is 394 g/mol. The molecule has 2 aromatic rings. The first-order chi connectivity index (χ1) is 9.29. The first-order valence-corrected chi connectivity index (χ1v) is 8.12. The lowest BCUT2D eigenvalue weighted by molar-refractivity contribution is 0.598. The molecule has 1 aromatic heterocycles. The van der Waals surface area contributed by atoms with Gasteiger partial charge in [0.15, 0.2) is 0 Å². The number of anilines is 1. The van der Waals surface area contributed by atoms with E-state index in [2.05, 4.69) is 25.6 Å². The Labute approximate surface area is 133 Å². The summed E-state index contributed by atoms with van der Waals surface area (Å²) in [4.78, 5) is 3.45. The highest BCUT2D eigenvalue weighted by molar-refractivity contribution is 9.10. The zero-order valence-corrected chi connectivity index (χ0v) is 13.5. The van der Waals surface area contributed by atoms with Gasteiger partial charge in [0.1, 0.15) is 15.9 Å². The molecule has 20 heavy (non-hydrogen) atoms. The van der Waals surface area contributed by atoms with Gasteiger partial charge in [0.05, 0.1) is 5.69 Å². The first-order valence-electron chi connectivity index (χ1n) is 5.08. The number of nitrogens with zero attached hydrogens (tertiary/aromatic N) is 1. The molecule has 0 aliphatic heterocycles. The molecule has 0 aliphatic rings. The highest BCUT2D eigenvalue weighted by atomic mass is 79.9. The summed E-state index contributed by atoms with van der Waals surface area (Å²) in [5, 5.41) is -0.0531. The topological polar surface area (TPSA) is 59.1 Å². The molecule has 1 aromatic carbocycles. The number of pyridine rings is 1. The quantitative estimate of drug-likeness (QED) is 0.790. The summed E-state index contributed by atoms with van der Waals surface area (Å²) in [5.74, 6) is -0.792. The highest BCUT2D eigenvalue weighted by Gasteiger charge is 2.21. The van der Waals surface area contributed by atoms with Gasteiger partial charge in [-0.1, -0.05) is 23.2 Å². The Morgan fingerprint density at radius 1 is 1.25 bits per heavy atom. The van der Waals surface area contributed by atoms with Gasteiger partial charge in [0, 0.05) is 15.7 Å². The van der Waals surface area contributed by atoms with Gasteiger partial charge in [-0.05, 0) is 40.2 Å². The molecule has 0 unspecified atom stereocenters. The van der Waals surface area contributed by atoms with E-state index in [9.17, 15) is 12.8 Å². The molecule has 0 saturated carbocycles. The second kappa shape index (κ2) is 5.85. The van der Waals surface area contributed by atoms with Crippen molar-refractivity contribution in [2.24, 2.45) is 0 Å². The lowest BCUT2D eigenvalue weighted by Gasteiger charge is -2.10. The van der Waals surface area contributed by atoms with Gasteiger partial charge in [-0.15, -0.1) is 0 Å². The summed E-state index contributed by atoms with van der Waals surface area (Å²) in [6, 6.07) is 4.85. The zero-order valence-electron chi connectivity index (χ0n) is 9.57. The van der Waals surface area contributed by atoms with E-state index in [-0.39, 0.29) is 20.8 Å². The average molecular weight is 400 g/mol. The minimum atomic E-state index is -4.06. The average Bonchev–Trinajstić information content (AvgIpc) is 2.35. The van der Waals surface area contributed by atoms with Crippen molar-refractivity contribution in [3.63, 3.8) is 0 Å². The third-order valence-electron chi connectivity index (χ3n) is 2.24. The van der Waals surface area contributed by atoms with Crippen molar-refractivity contribution in [3.05, 3.63) is 50.9 Å². The van der Waals surface area contributed by atoms with Crippen LogP contribution < -0.4 is 4.72 Å². The second-order valence-corrected chi connectivity index (χ2v) is 7.03. The van der Waals surface area contributed by atoms with Crippen molar-refractivity contribution >= 4 is 54.8 Å². The van der Waals surface area contributed by atoms with Crippen LogP contribution in [0.5, 0.6) is 0 Å². The molecule has 0 atom stereocenters. The van der Waals surface area contributed by atoms with Crippen molar-refractivity contribution < 1.29 is 12.8 Å². The van der Waals surface area contributed by atoms with Gasteiger partial charge in [-0.3, -0.25) is 4.72 Å². The number of hydrogen-bond donors (Lipinski definition) is 1. The molecule has 0 spiro atoms. The van der Waals surface area contributed by atoms with Crippen LogP contribution in [0.2, 0.25) is 10.2 Å². The maximum absolute atomic E-state index is 13.6. The molecule has 9 heteroatoms. The molecule has 0 radical (unpaired) electrons. The second-order valence-electron chi connectivity index (χ2n) is 3.67. The first kappa shape index (κ1) is 15.5. The summed E-state index contributed by atoms with van der Waals surface area (Å²) >= 11 is 14.4. The van der Waals surface area contributed by atoms with Crippen LogP contribution in [-0.2, 0) is 10.0 Å². The van der Waals surface area contributed by atoms with E-state index in [1.165, 1.54) is 24.4 Å². The predicted octanol–water partition coefficient (Wildman–Crippen LogP) is 4.09. The molecule has 106 valence electrons. The van der Waals surface area contributed by atoms with Gasteiger partial charge in [0.25, 0.3) is 10.0 Å². The van der Waals surface area contributed by atoms with Crippen molar-refractivity contribution in [2.45, 2.75) is 4.90 Å². The van der Waals surface area contributed by atoms with Crippen LogP contribution in [0.4, 0.5) is 10.1 Å². The van der Waals surface area contributed by atoms with E-state index in [0.717, 1.165) is 6.07 Å². The Balaban J connectivity index is 2.43. The fraction of sp³-hybridized carbons (Fsp3) is 0. The van der Waals surface area contributed by atoms with Gasteiger partial charge < -0.3 is 0 Å². The third-order valence-corrected chi connectivity index (χ3v) is 4.70. The van der Waals surface area contributed by atoms with E-state index in [1.807, 2.05) is 0 Å². The zero-order chi connectivity index (χ0) is 14.9. The van der Waals surface area contributed by atoms with Crippen LogP contribution in [-0.4, -0.2) is 13.4 Å². The number of benzene rings is 1. The molecule has 0 saturated heterocycles. The van der Waals surface area contributed by atoms with Gasteiger partial charge in [-0.25, -0.2) is 17.8 Å². The Hall–Kier alpha value is -0.890. The summed E-state index contributed by atoms with van der Waals surface area (Å²) in [6.45, 7) is 0. The maximum Gasteiger partial charge on any atom is 0.265 e. The smallest absolute Gasteiger partial charge is 0.265 e. The number of halogens is 4. The minimum absolute atomic E-state index is 0.160. The molecule has 1 heterocycles. The van der Waals surface area contributed by atoms with E-state index in [1.54, 1.807) is 0 Å². The lowest BCUT2D eigenvalue weighted by atomic mass is 10.3. The van der Waals surface area contributed by atoms with Crippen LogP contribution in [0.15, 0.2) is 39.8 Å². The molecule has 0 amide bonds. The lowest BCUT2D eigenvalue weighted by Crippen LogP contribution is -2.15. The monoisotopic (exact) mass is 398 g/mol. The molecule has 4 nitrogen and oxygen atoms in total. The predicted molar refractivity (Wildman–Crippen MR) is 79.2 cm³/mol. The largest absolute Gasteiger partial charge is 0.277 e. The van der Waals surface area contributed by atoms with Crippen molar-refractivity contribution in [3.8, 4) is 0 Å². The summed E-state index contributed by atoms with van der Waals surface area (Å²) in [7, 11) is -4.06. The number of nitrogens with one attached hydrogen (secondary N) is 1. The standard InChI is InChI=1S/C11H6BrCl2FN2O2S/c12-6-3-10(11(14)16-5-6)20(18,19)17-9-2-1-7(13)4-8(9)15/h1-5,17H. The van der Waals surface area contributed by atoms with Crippen LogP contribution in [0.25, 0.3) is 0 Å². The van der Waals surface area contributed by atoms with Crippen molar-refractivity contribution in [1.29, 1.82) is 0 Å². The van der Waals surface area contributed by atoms with Gasteiger partial charge in [-0.2, -0.15) is 0 Å².